The Morgan fingerprint density at radius 1 is 0.818 bits per heavy atom. The molecule has 0 aromatic heterocycles. The van der Waals surface area contributed by atoms with Gasteiger partial charge in [0.1, 0.15) is 0 Å². The van der Waals surface area contributed by atoms with Crippen molar-refractivity contribution < 1.29 is 4.74 Å². The molecule has 0 N–H and O–H groups in total. The predicted octanol–water partition coefficient (Wildman–Crippen LogP) is 1.53. The maximum atomic E-state index is 5.94. The van der Waals surface area contributed by atoms with Crippen LogP contribution in [0, 0.1) is 35.5 Å². The van der Waals surface area contributed by atoms with Crippen LogP contribution in [0.3, 0.4) is 0 Å². The Morgan fingerprint density at radius 2 is 1.27 bits per heavy atom. The summed E-state index contributed by atoms with van der Waals surface area (Å²) in [5.74, 6) is 6.72. The third kappa shape index (κ3) is 0.395. The first-order valence-corrected chi connectivity index (χ1v) is 4.96. The Balaban J connectivity index is 1.60. The lowest BCUT2D eigenvalue weighted by Crippen LogP contribution is -2.19. The Labute approximate surface area is 67.1 Å². The lowest BCUT2D eigenvalue weighted by Gasteiger charge is -2.15. The summed E-state index contributed by atoms with van der Waals surface area (Å²) in [6, 6.07) is 0. The fourth-order valence-electron chi connectivity index (χ4n) is 4.31. The quantitative estimate of drug-likeness (QED) is 0.580. The Morgan fingerprint density at radius 3 is 1.64 bits per heavy atom. The SMILES string of the molecule is CC(C)OC1C2C3C2C2C1C32. The summed E-state index contributed by atoms with van der Waals surface area (Å²) in [5.41, 5.74) is 0. The van der Waals surface area contributed by atoms with E-state index in [1.807, 2.05) is 0 Å². The first kappa shape index (κ1) is 5.58. The minimum Gasteiger partial charge on any atom is -0.375 e. The second kappa shape index (κ2) is 1.28. The van der Waals surface area contributed by atoms with Crippen LogP contribution in [0.25, 0.3) is 0 Å². The van der Waals surface area contributed by atoms with E-state index in [0.717, 1.165) is 35.5 Å². The summed E-state index contributed by atoms with van der Waals surface area (Å²) in [7, 11) is 0. The van der Waals surface area contributed by atoms with Crippen LogP contribution in [0.4, 0.5) is 0 Å². The maximum Gasteiger partial charge on any atom is 0.0646 e. The summed E-state index contributed by atoms with van der Waals surface area (Å²) in [6.45, 7) is 4.34. The number of hydrogen-bond acceptors (Lipinski definition) is 1. The van der Waals surface area contributed by atoms with Crippen LogP contribution in [0.5, 0.6) is 0 Å². The van der Waals surface area contributed by atoms with Gasteiger partial charge in [-0.2, -0.15) is 0 Å². The summed E-state index contributed by atoms with van der Waals surface area (Å²) in [4.78, 5) is 0. The molecule has 0 heterocycles. The molecule has 5 fully saturated rings. The molecule has 0 spiro atoms. The highest BCUT2D eigenvalue weighted by atomic mass is 16.5. The van der Waals surface area contributed by atoms with E-state index in [-0.39, 0.29) is 0 Å². The standard InChI is InChI=1S/C10H14O/c1-3(2)11-10-8-4-5(8)7-6(4)9(7)10/h3-10H,1-2H3. The third-order valence-electron chi connectivity index (χ3n) is 4.46. The van der Waals surface area contributed by atoms with Crippen molar-refractivity contribution in [2.45, 2.75) is 26.1 Å². The largest absolute Gasteiger partial charge is 0.375 e. The van der Waals surface area contributed by atoms with E-state index in [0.29, 0.717) is 12.2 Å². The van der Waals surface area contributed by atoms with Gasteiger partial charge in [0.05, 0.1) is 12.2 Å². The van der Waals surface area contributed by atoms with Crippen molar-refractivity contribution in [2.75, 3.05) is 0 Å². The molecule has 2 bridgehead atoms. The fourth-order valence-corrected chi connectivity index (χ4v) is 4.31. The summed E-state index contributed by atoms with van der Waals surface area (Å²) < 4.78 is 5.94. The molecule has 0 radical (unpaired) electrons. The van der Waals surface area contributed by atoms with Crippen LogP contribution in [0.15, 0.2) is 0 Å². The van der Waals surface area contributed by atoms with Gasteiger partial charge in [-0.1, -0.05) is 0 Å². The van der Waals surface area contributed by atoms with Gasteiger partial charge in [0.25, 0.3) is 0 Å². The van der Waals surface area contributed by atoms with Gasteiger partial charge in [-0.05, 0) is 49.4 Å². The molecule has 60 valence electrons. The van der Waals surface area contributed by atoms with Crippen LogP contribution in [0.1, 0.15) is 13.8 Å². The molecular formula is C10H14O. The lowest BCUT2D eigenvalue weighted by molar-refractivity contribution is -0.00611. The normalized spacial score (nSPS) is 72.8. The molecule has 0 saturated heterocycles. The molecule has 0 atom stereocenters. The van der Waals surface area contributed by atoms with Crippen LogP contribution in [0.2, 0.25) is 0 Å². The Kier molecular flexibility index (Phi) is 0.651. The smallest absolute Gasteiger partial charge is 0.0646 e. The molecule has 0 amide bonds. The zero-order chi connectivity index (χ0) is 7.33. The second-order valence-corrected chi connectivity index (χ2v) is 5.11. The van der Waals surface area contributed by atoms with Crippen molar-refractivity contribution in [3.8, 4) is 0 Å². The molecular weight excluding hydrogens is 136 g/mol. The van der Waals surface area contributed by atoms with Gasteiger partial charge in [0, 0.05) is 0 Å². The molecule has 0 aromatic rings. The van der Waals surface area contributed by atoms with Crippen molar-refractivity contribution in [1.82, 2.24) is 0 Å². The molecule has 1 nitrogen and oxygen atoms in total. The van der Waals surface area contributed by atoms with Crippen LogP contribution < -0.4 is 0 Å². The highest BCUT2D eigenvalue weighted by Crippen LogP contribution is 2.92. The van der Waals surface area contributed by atoms with E-state index in [4.69, 9.17) is 4.74 Å². The van der Waals surface area contributed by atoms with Crippen molar-refractivity contribution in [3.63, 3.8) is 0 Å². The van der Waals surface area contributed by atoms with Crippen molar-refractivity contribution in [1.29, 1.82) is 0 Å². The maximum absolute atomic E-state index is 5.94. The topological polar surface area (TPSA) is 9.23 Å². The minimum absolute atomic E-state index is 0.458. The zero-order valence-corrected chi connectivity index (χ0v) is 7.03. The van der Waals surface area contributed by atoms with Gasteiger partial charge in [0.2, 0.25) is 0 Å². The molecule has 1 heteroatoms. The summed E-state index contributed by atoms with van der Waals surface area (Å²) >= 11 is 0. The molecule has 0 aliphatic heterocycles. The van der Waals surface area contributed by atoms with Gasteiger partial charge >= 0.3 is 0 Å². The molecule has 5 aliphatic carbocycles. The van der Waals surface area contributed by atoms with Gasteiger partial charge < -0.3 is 4.74 Å². The highest BCUT2D eigenvalue weighted by Gasteiger charge is 2.92. The minimum atomic E-state index is 0.458. The van der Waals surface area contributed by atoms with Crippen molar-refractivity contribution in [3.05, 3.63) is 0 Å². The van der Waals surface area contributed by atoms with Gasteiger partial charge in [0.15, 0.2) is 0 Å². The number of ether oxygens (including phenoxy) is 1. The highest BCUT2D eigenvalue weighted by molar-refractivity contribution is 5.38. The molecule has 5 aliphatic rings. The molecule has 11 heavy (non-hydrogen) atoms. The number of rotatable bonds is 2. The van der Waals surface area contributed by atoms with Crippen LogP contribution in [-0.2, 0) is 4.74 Å². The van der Waals surface area contributed by atoms with E-state index in [1.54, 1.807) is 0 Å². The van der Waals surface area contributed by atoms with Gasteiger partial charge in [-0.15, -0.1) is 0 Å². The van der Waals surface area contributed by atoms with E-state index in [9.17, 15) is 0 Å². The van der Waals surface area contributed by atoms with Gasteiger partial charge in [-0.25, -0.2) is 0 Å². The third-order valence-corrected chi connectivity index (χ3v) is 4.46. The predicted molar refractivity (Wildman–Crippen MR) is 40.9 cm³/mol. The first-order chi connectivity index (χ1) is 5.30. The lowest BCUT2D eigenvalue weighted by atomic mass is 10.0. The molecule has 0 unspecified atom stereocenters. The van der Waals surface area contributed by atoms with Crippen LogP contribution in [-0.4, -0.2) is 12.2 Å². The average molecular weight is 150 g/mol. The van der Waals surface area contributed by atoms with Crippen LogP contribution >= 0.6 is 0 Å². The summed E-state index contributed by atoms with van der Waals surface area (Å²) in [6.07, 6.45) is 1.17. The van der Waals surface area contributed by atoms with E-state index in [1.165, 1.54) is 0 Å². The van der Waals surface area contributed by atoms with Crippen molar-refractivity contribution >= 4 is 0 Å². The monoisotopic (exact) mass is 150 g/mol. The van der Waals surface area contributed by atoms with Crippen molar-refractivity contribution in [2.24, 2.45) is 35.5 Å². The first-order valence-electron chi connectivity index (χ1n) is 4.96. The fraction of sp³-hybridized carbons (Fsp3) is 1.00. The second-order valence-electron chi connectivity index (χ2n) is 5.11. The number of hydrogen-bond donors (Lipinski definition) is 0. The zero-order valence-electron chi connectivity index (χ0n) is 7.03. The molecule has 0 aromatic carbocycles. The van der Waals surface area contributed by atoms with Gasteiger partial charge in [-0.3, -0.25) is 0 Å². The summed E-state index contributed by atoms with van der Waals surface area (Å²) in [5, 5.41) is 0. The van der Waals surface area contributed by atoms with E-state index < -0.39 is 0 Å². The average Bonchev–Trinajstić information content (AvgIpc) is 2.55. The Hall–Kier alpha value is -0.0400. The molecule has 5 saturated carbocycles. The molecule has 5 rings (SSSR count). The van der Waals surface area contributed by atoms with E-state index in [2.05, 4.69) is 13.8 Å². The Bertz CT molecular complexity index is 191. The van der Waals surface area contributed by atoms with E-state index >= 15 is 0 Å².